The Kier molecular flexibility index (Phi) is 2.92. The van der Waals surface area contributed by atoms with E-state index in [-0.39, 0.29) is 5.91 Å². The van der Waals surface area contributed by atoms with Gasteiger partial charge in [0, 0.05) is 12.6 Å². The molecule has 0 bridgehead atoms. The van der Waals surface area contributed by atoms with Crippen LogP contribution in [0.15, 0.2) is 0 Å². The number of amides is 1. The van der Waals surface area contributed by atoms with Crippen LogP contribution in [0.4, 0.5) is 0 Å². The molecule has 0 N–H and O–H groups in total. The van der Waals surface area contributed by atoms with E-state index < -0.39 is 5.41 Å². The van der Waals surface area contributed by atoms with Crippen LogP contribution in [0.5, 0.6) is 0 Å². The average Bonchev–Trinajstić information content (AvgIpc) is 2.64. The zero-order valence-electron chi connectivity index (χ0n) is 10.2. The summed E-state index contributed by atoms with van der Waals surface area (Å²) >= 11 is 0. The van der Waals surface area contributed by atoms with Crippen molar-refractivity contribution in [2.75, 3.05) is 6.54 Å². The Morgan fingerprint density at radius 2 is 2.12 bits per heavy atom. The first kappa shape index (κ1) is 11.4. The van der Waals surface area contributed by atoms with Crippen molar-refractivity contribution < 1.29 is 4.79 Å². The van der Waals surface area contributed by atoms with Crippen LogP contribution < -0.4 is 0 Å². The molecule has 2 fully saturated rings. The van der Waals surface area contributed by atoms with Gasteiger partial charge in [-0.2, -0.15) is 5.26 Å². The molecule has 1 heterocycles. The SMILES string of the molecule is CC(C)C1CCCN1C(=O)C1(C#N)CCC1. The van der Waals surface area contributed by atoms with Gasteiger partial charge in [0.05, 0.1) is 6.07 Å². The summed E-state index contributed by atoms with van der Waals surface area (Å²) in [6.07, 6.45) is 4.76. The lowest BCUT2D eigenvalue weighted by Gasteiger charge is -2.39. The van der Waals surface area contributed by atoms with Gasteiger partial charge >= 0.3 is 0 Å². The van der Waals surface area contributed by atoms with E-state index in [1.54, 1.807) is 0 Å². The molecule has 1 amide bonds. The lowest BCUT2D eigenvalue weighted by molar-refractivity contribution is -0.144. The molecule has 88 valence electrons. The van der Waals surface area contributed by atoms with Gasteiger partial charge in [0.25, 0.3) is 0 Å². The Morgan fingerprint density at radius 3 is 2.56 bits per heavy atom. The number of carbonyl (C=O) groups excluding carboxylic acids is 1. The van der Waals surface area contributed by atoms with Crippen LogP contribution in [0.25, 0.3) is 0 Å². The minimum absolute atomic E-state index is 0.109. The fourth-order valence-electron chi connectivity index (χ4n) is 2.92. The average molecular weight is 220 g/mol. The number of hydrogen-bond donors (Lipinski definition) is 0. The first-order valence-corrected chi connectivity index (χ1v) is 6.33. The molecular formula is C13H20N2O. The molecule has 1 saturated heterocycles. The van der Waals surface area contributed by atoms with Crippen molar-refractivity contribution in [2.24, 2.45) is 11.3 Å². The summed E-state index contributed by atoms with van der Waals surface area (Å²) in [4.78, 5) is 14.4. The molecular weight excluding hydrogens is 200 g/mol. The Labute approximate surface area is 97.4 Å². The Morgan fingerprint density at radius 1 is 1.44 bits per heavy atom. The van der Waals surface area contributed by atoms with Gasteiger partial charge in [-0.25, -0.2) is 0 Å². The largest absolute Gasteiger partial charge is 0.338 e. The number of likely N-dealkylation sites (tertiary alicyclic amines) is 1. The van der Waals surface area contributed by atoms with Crippen LogP contribution >= 0.6 is 0 Å². The fraction of sp³-hybridized carbons (Fsp3) is 0.846. The highest BCUT2D eigenvalue weighted by molar-refractivity contribution is 5.87. The van der Waals surface area contributed by atoms with Crippen LogP contribution in [-0.2, 0) is 4.79 Å². The minimum Gasteiger partial charge on any atom is -0.338 e. The molecule has 1 aliphatic carbocycles. The van der Waals surface area contributed by atoms with E-state index in [2.05, 4.69) is 19.9 Å². The molecule has 0 spiro atoms. The van der Waals surface area contributed by atoms with Crippen molar-refractivity contribution in [3.63, 3.8) is 0 Å². The summed E-state index contributed by atoms with van der Waals surface area (Å²) < 4.78 is 0. The number of carbonyl (C=O) groups is 1. The first-order chi connectivity index (χ1) is 7.60. The monoisotopic (exact) mass is 220 g/mol. The minimum atomic E-state index is -0.655. The molecule has 2 rings (SSSR count). The van der Waals surface area contributed by atoms with Gasteiger partial charge in [0.15, 0.2) is 0 Å². The van der Waals surface area contributed by atoms with Crippen molar-refractivity contribution in [2.45, 2.75) is 52.0 Å². The molecule has 0 aromatic carbocycles. The van der Waals surface area contributed by atoms with E-state index >= 15 is 0 Å². The highest BCUT2D eigenvalue weighted by Gasteiger charge is 2.49. The Balaban J connectivity index is 2.13. The first-order valence-electron chi connectivity index (χ1n) is 6.33. The van der Waals surface area contributed by atoms with Crippen molar-refractivity contribution in [1.29, 1.82) is 5.26 Å². The normalized spacial score (nSPS) is 27.6. The standard InChI is InChI=1S/C13H20N2O/c1-10(2)11-5-3-8-15(11)12(16)13(9-14)6-4-7-13/h10-11H,3-8H2,1-2H3. The summed E-state index contributed by atoms with van der Waals surface area (Å²) in [6.45, 7) is 5.18. The zero-order chi connectivity index (χ0) is 11.8. The third-order valence-electron chi connectivity index (χ3n) is 4.16. The summed E-state index contributed by atoms with van der Waals surface area (Å²) in [5.41, 5.74) is -0.655. The predicted molar refractivity (Wildman–Crippen MR) is 61.5 cm³/mol. The van der Waals surface area contributed by atoms with Crippen LogP contribution in [0, 0.1) is 22.7 Å². The van der Waals surface area contributed by atoms with Crippen LogP contribution in [0.2, 0.25) is 0 Å². The Bertz CT molecular complexity index is 325. The molecule has 3 nitrogen and oxygen atoms in total. The molecule has 16 heavy (non-hydrogen) atoms. The summed E-state index contributed by atoms with van der Waals surface area (Å²) in [6, 6.07) is 2.62. The predicted octanol–water partition coefficient (Wildman–Crippen LogP) is 2.33. The number of hydrogen-bond acceptors (Lipinski definition) is 2. The number of nitriles is 1. The van der Waals surface area contributed by atoms with Gasteiger partial charge in [-0.15, -0.1) is 0 Å². The van der Waals surface area contributed by atoms with Crippen molar-refractivity contribution in [1.82, 2.24) is 4.90 Å². The highest BCUT2D eigenvalue weighted by Crippen LogP contribution is 2.43. The molecule has 1 aliphatic heterocycles. The number of nitrogens with zero attached hydrogens (tertiary/aromatic N) is 2. The second-order valence-corrected chi connectivity index (χ2v) is 5.50. The van der Waals surface area contributed by atoms with Gasteiger partial charge < -0.3 is 4.90 Å². The molecule has 0 radical (unpaired) electrons. The topological polar surface area (TPSA) is 44.1 Å². The summed E-state index contributed by atoms with van der Waals surface area (Å²) in [7, 11) is 0. The molecule has 0 aromatic rings. The van der Waals surface area contributed by atoms with Crippen LogP contribution in [-0.4, -0.2) is 23.4 Å². The van der Waals surface area contributed by atoms with E-state index in [1.807, 2.05) is 4.90 Å². The van der Waals surface area contributed by atoms with E-state index in [4.69, 9.17) is 0 Å². The molecule has 3 heteroatoms. The van der Waals surface area contributed by atoms with Crippen molar-refractivity contribution in [3.8, 4) is 6.07 Å². The summed E-state index contributed by atoms with van der Waals surface area (Å²) in [5.74, 6) is 0.611. The lowest BCUT2D eigenvalue weighted by Crippen LogP contribution is -2.50. The second-order valence-electron chi connectivity index (χ2n) is 5.50. The van der Waals surface area contributed by atoms with E-state index in [0.29, 0.717) is 12.0 Å². The second kappa shape index (κ2) is 4.08. The maximum Gasteiger partial charge on any atom is 0.243 e. The van der Waals surface area contributed by atoms with Gasteiger partial charge in [0.1, 0.15) is 5.41 Å². The molecule has 1 atom stereocenters. The van der Waals surface area contributed by atoms with Gasteiger partial charge in [-0.05, 0) is 38.0 Å². The third-order valence-corrected chi connectivity index (χ3v) is 4.16. The molecule has 0 aromatic heterocycles. The Hall–Kier alpha value is -1.04. The van der Waals surface area contributed by atoms with Gasteiger partial charge in [-0.3, -0.25) is 4.79 Å². The smallest absolute Gasteiger partial charge is 0.243 e. The van der Waals surface area contributed by atoms with Gasteiger partial charge in [-0.1, -0.05) is 13.8 Å². The maximum atomic E-state index is 12.4. The van der Waals surface area contributed by atoms with E-state index in [1.165, 1.54) is 0 Å². The zero-order valence-corrected chi connectivity index (χ0v) is 10.2. The lowest BCUT2D eigenvalue weighted by atomic mass is 9.69. The summed E-state index contributed by atoms with van der Waals surface area (Å²) in [5, 5.41) is 9.19. The highest BCUT2D eigenvalue weighted by atomic mass is 16.2. The van der Waals surface area contributed by atoms with Crippen molar-refractivity contribution >= 4 is 5.91 Å². The molecule has 1 unspecified atom stereocenters. The van der Waals surface area contributed by atoms with E-state index in [9.17, 15) is 10.1 Å². The van der Waals surface area contributed by atoms with Crippen molar-refractivity contribution in [3.05, 3.63) is 0 Å². The van der Waals surface area contributed by atoms with Crippen LogP contribution in [0.3, 0.4) is 0 Å². The van der Waals surface area contributed by atoms with Crippen LogP contribution in [0.1, 0.15) is 46.0 Å². The van der Waals surface area contributed by atoms with Gasteiger partial charge in [0.2, 0.25) is 5.91 Å². The third kappa shape index (κ3) is 1.61. The molecule has 2 aliphatic rings. The fourth-order valence-corrected chi connectivity index (χ4v) is 2.92. The quantitative estimate of drug-likeness (QED) is 0.717. The molecule has 1 saturated carbocycles. The maximum absolute atomic E-state index is 12.4. The van der Waals surface area contributed by atoms with E-state index in [0.717, 1.165) is 38.6 Å². The number of rotatable bonds is 2.